The van der Waals surface area contributed by atoms with E-state index in [0.29, 0.717) is 6.54 Å². The van der Waals surface area contributed by atoms with Crippen molar-refractivity contribution >= 4 is 17.1 Å². The lowest BCUT2D eigenvalue weighted by Crippen LogP contribution is -2.40. The number of urea groups is 1. The van der Waals surface area contributed by atoms with E-state index in [0.717, 1.165) is 61.3 Å². The number of aromatic nitrogens is 4. The zero-order valence-corrected chi connectivity index (χ0v) is 17.9. The highest BCUT2D eigenvalue weighted by molar-refractivity contribution is 5.84. The van der Waals surface area contributed by atoms with E-state index in [9.17, 15) is 4.79 Å². The number of H-pyrrole nitrogens is 1. The number of likely N-dealkylation sites (tertiary alicyclic amines) is 1. The van der Waals surface area contributed by atoms with Crippen molar-refractivity contribution in [3.63, 3.8) is 0 Å². The third kappa shape index (κ3) is 3.06. The molecule has 1 saturated heterocycles. The van der Waals surface area contributed by atoms with Crippen molar-refractivity contribution in [1.29, 1.82) is 0 Å². The quantitative estimate of drug-likeness (QED) is 0.696. The molecule has 2 aliphatic heterocycles. The Kier molecular flexibility index (Phi) is 4.54. The molecule has 0 bridgehead atoms. The van der Waals surface area contributed by atoms with E-state index in [2.05, 4.69) is 51.1 Å². The van der Waals surface area contributed by atoms with Crippen molar-refractivity contribution in [2.45, 2.75) is 38.3 Å². The third-order valence-electron chi connectivity index (χ3n) is 6.49. The molecule has 0 aliphatic carbocycles. The number of aromatic amines is 1. The van der Waals surface area contributed by atoms with Gasteiger partial charge in [-0.3, -0.25) is 4.68 Å². The largest absolute Gasteiger partial charge is 0.346 e. The van der Waals surface area contributed by atoms with Crippen LogP contribution in [0.25, 0.3) is 22.3 Å². The van der Waals surface area contributed by atoms with E-state index in [-0.39, 0.29) is 11.4 Å². The molecule has 1 fully saturated rings. The van der Waals surface area contributed by atoms with Crippen molar-refractivity contribution in [1.82, 2.24) is 34.9 Å². The fourth-order valence-electron chi connectivity index (χ4n) is 4.99. The maximum absolute atomic E-state index is 12.3. The van der Waals surface area contributed by atoms with Crippen molar-refractivity contribution in [3.05, 3.63) is 35.8 Å². The van der Waals surface area contributed by atoms with Gasteiger partial charge in [0.25, 0.3) is 0 Å². The second kappa shape index (κ2) is 7.12. The molecule has 3 aromatic rings. The summed E-state index contributed by atoms with van der Waals surface area (Å²) in [4.78, 5) is 24.3. The Labute approximate surface area is 176 Å². The van der Waals surface area contributed by atoms with Gasteiger partial charge in [0.2, 0.25) is 0 Å². The number of hydrogen-bond acceptors (Lipinski definition) is 4. The summed E-state index contributed by atoms with van der Waals surface area (Å²) >= 11 is 0. The Balaban J connectivity index is 1.45. The average Bonchev–Trinajstić information content (AvgIpc) is 3.48. The molecule has 0 radical (unpaired) electrons. The summed E-state index contributed by atoms with van der Waals surface area (Å²) in [7, 11) is 4.14. The summed E-state index contributed by atoms with van der Waals surface area (Å²) in [6, 6.07) is 4.45. The molecule has 2 aliphatic rings. The van der Waals surface area contributed by atoms with Crippen LogP contribution in [0.3, 0.4) is 0 Å². The van der Waals surface area contributed by atoms with Crippen LogP contribution in [0.2, 0.25) is 0 Å². The lowest BCUT2D eigenvalue weighted by atomic mass is 9.82. The first kappa shape index (κ1) is 19.1. The standard InChI is InChI=1S/C22H29N7O/c1-4-23-21(30)28-7-5-22(14-28)6-8-29-19(22)10-18(26-29)15-9-17-16(13-27(2)3)12-25-20(17)24-11-15/h9-12H,4-8,13-14H2,1-3H3,(H,23,30)(H,24,25). The van der Waals surface area contributed by atoms with Crippen LogP contribution in [-0.4, -0.2) is 69.3 Å². The number of fused-ring (bicyclic) bond motifs is 3. The van der Waals surface area contributed by atoms with E-state index in [4.69, 9.17) is 5.10 Å². The minimum Gasteiger partial charge on any atom is -0.346 e. The van der Waals surface area contributed by atoms with Crippen LogP contribution in [0.4, 0.5) is 4.79 Å². The zero-order chi connectivity index (χ0) is 20.9. The molecular weight excluding hydrogens is 378 g/mol. The van der Waals surface area contributed by atoms with Gasteiger partial charge in [0, 0.05) is 67.2 Å². The Bertz CT molecular complexity index is 1100. The van der Waals surface area contributed by atoms with E-state index >= 15 is 0 Å². The summed E-state index contributed by atoms with van der Waals surface area (Å²) in [6.45, 7) is 5.96. The molecule has 1 unspecified atom stereocenters. The first-order valence-corrected chi connectivity index (χ1v) is 10.7. The Hall–Kier alpha value is -2.87. The normalized spacial score (nSPS) is 20.6. The molecular formula is C22H29N7O. The molecule has 2 amide bonds. The molecule has 158 valence electrons. The van der Waals surface area contributed by atoms with Crippen LogP contribution < -0.4 is 5.32 Å². The molecule has 5 rings (SSSR count). The Morgan fingerprint density at radius 3 is 2.93 bits per heavy atom. The van der Waals surface area contributed by atoms with Crippen LogP contribution in [0, 0.1) is 0 Å². The number of hydrogen-bond donors (Lipinski definition) is 2. The number of nitrogens with one attached hydrogen (secondary N) is 2. The van der Waals surface area contributed by atoms with E-state index in [1.54, 1.807) is 0 Å². The van der Waals surface area contributed by atoms with Gasteiger partial charge in [0.15, 0.2) is 0 Å². The summed E-state index contributed by atoms with van der Waals surface area (Å²) < 4.78 is 2.14. The van der Waals surface area contributed by atoms with Crippen molar-refractivity contribution in [3.8, 4) is 11.3 Å². The second-order valence-corrected chi connectivity index (χ2v) is 8.85. The number of pyridine rings is 1. The molecule has 8 nitrogen and oxygen atoms in total. The van der Waals surface area contributed by atoms with Gasteiger partial charge in [-0.25, -0.2) is 9.78 Å². The first-order valence-electron chi connectivity index (χ1n) is 10.7. The summed E-state index contributed by atoms with van der Waals surface area (Å²) in [5.41, 5.74) is 5.43. The Morgan fingerprint density at radius 2 is 2.13 bits per heavy atom. The number of aryl methyl sites for hydroxylation is 1. The number of amides is 2. The molecule has 3 aromatic heterocycles. The van der Waals surface area contributed by atoms with Crippen LogP contribution in [0.15, 0.2) is 24.5 Å². The van der Waals surface area contributed by atoms with E-state index in [1.807, 2.05) is 24.2 Å². The molecule has 30 heavy (non-hydrogen) atoms. The maximum Gasteiger partial charge on any atom is 0.317 e. The smallest absolute Gasteiger partial charge is 0.317 e. The summed E-state index contributed by atoms with van der Waals surface area (Å²) in [5.74, 6) is 0. The highest BCUT2D eigenvalue weighted by atomic mass is 16.2. The van der Waals surface area contributed by atoms with Gasteiger partial charge in [0.1, 0.15) is 5.65 Å². The summed E-state index contributed by atoms with van der Waals surface area (Å²) in [6.07, 6.45) is 5.99. The van der Waals surface area contributed by atoms with Gasteiger partial charge >= 0.3 is 6.03 Å². The Morgan fingerprint density at radius 1 is 1.30 bits per heavy atom. The lowest BCUT2D eigenvalue weighted by molar-refractivity contribution is 0.206. The highest BCUT2D eigenvalue weighted by Crippen LogP contribution is 2.43. The maximum atomic E-state index is 12.3. The van der Waals surface area contributed by atoms with E-state index < -0.39 is 0 Å². The van der Waals surface area contributed by atoms with Gasteiger partial charge in [0.05, 0.1) is 5.69 Å². The minimum absolute atomic E-state index is 0.0258. The van der Waals surface area contributed by atoms with E-state index in [1.165, 1.54) is 11.3 Å². The number of carbonyl (C=O) groups excluding carboxylic acids is 1. The first-order chi connectivity index (χ1) is 14.5. The fourth-order valence-corrected chi connectivity index (χ4v) is 4.99. The van der Waals surface area contributed by atoms with Crippen molar-refractivity contribution < 1.29 is 4.79 Å². The molecule has 0 saturated carbocycles. The molecule has 0 aromatic carbocycles. The lowest BCUT2D eigenvalue weighted by Gasteiger charge is -2.23. The zero-order valence-electron chi connectivity index (χ0n) is 17.9. The van der Waals surface area contributed by atoms with Crippen LogP contribution in [0.5, 0.6) is 0 Å². The predicted octanol–water partition coefficient (Wildman–Crippen LogP) is 2.56. The van der Waals surface area contributed by atoms with Gasteiger partial charge in [-0.15, -0.1) is 0 Å². The van der Waals surface area contributed by atoms with Crippen LogP contribution in [-0.2, 0) is 18.5 Å². The average molecular weight is 408 g/mol. The second-order valence-electron chi connectivity index (χ2n) is 8.85. The minimum atomic E-state index is 0.0258. The van der Waals surface area contributed by atoms with Gasteiger partial charge in [-0.2, -0.15) is 5.10 Å². The number of nitrogens with zero attached hydrogens (tertiary/aromatic N) is 5. The molecule has 5 heterocycles. The molecule has 8 heteroatoms. The highest BCUT2D eigenvalue weighted by Gasteiger charge is 2.46. The van der Waals surface area contributed by atoms with Gasteiger partial charge in [-0.1, -0.05) is 0 Å². The van der Waals surface area contributed by atoms with Crippen LogP contribution >= 0.6 is 0 Å². The van der Waals surface area contributed by atoms with Crippen molar-refractivity contribution in [2.24, 2.45) is 0 Å². The molecule has 1 spiro atoms. The number of rotatable bonds is 4. The molecule has 1 atom stereocenters. The topological polar surface area (TPSA) is 82.1 Å². The summed E-state index contributed by atoms with van der Waals surface area (Å²) in [5, 5.41) is 8.98. The monoisotopic (exact) mass is 407 g/mol. The predicted molar refractivity (Wildman–Crippen MR) is 116 cm³/mol. The van der Waals surface area contributed by atoms with Gasteiger partial charge in [-0.05, 0) is 51.6 Å². The number of carbonyl (C=O) groups is 1. The van der Waals surface area contributed by atoms with Crippen molar-refractivity contribution in [2.75, 3.05) is 33.7 Å². The SMILES string of the molecule is CCNC(=O)N1CCC2(CCn3nc(-c4cnc5[nH]cc(CN(C)C)c5c4)cc32)C1. The third-order valence-corrected chi connectivity index (χ3v) is 6.49. The van der Waals surface area contributed by atoms with Gasteiger partial charge < -0.3 is 20.1 Å². The fraction of sp³-hybridized carbons (Fsp3) is 0.500. The van der Waals surface area contributed by atoms with Crippen LogP contribution in [0.1, 0.15) is 31.0 Å². The molecule has 2 N–H and O–H groups in total.